The van der Waals surface area contributed by atoms with Crippen LogP contribution in [0.5, 0.6) is 0 Å². The van der Waals surface area contributed by atoms with Crippen LogP contribution in [0, 0.1) is 5.82 Å². The molecule has 1 aromatic heterocycles. The highest BCUT2D eigenvalue weighted by Gasteiger charge is 2.18. The molecule has 0 aliphatic carbocycles. The van der Waals surface area contributed by atoms with Crippen LogP contribution in [0.2, 0.25) is 0 Å². The first kappa shape index (κ1) is 31.8. The number of hydrogen-bond acceptors (Lipinski definition) is 6. The fourth-order valence-electron chi connectivity index (χ4n) is 4.05. The zero-order chi connectivity index (χ0) is 31.8. The predicted molar refractivity (Wildman–Crippen MR) is 183 cm³/mol. The fourth-order valence-corrected chi connectivity index (χ4v) is 5.91. The molecule has 0 aliphatic rings. The van der Waals surface area contributed by atoms with E-state index < -0.39 is 22.9 Å². The van der Waals surface area contributed by atoms with Crippen LogP contribution in [0.15, 0.2) is 124 Å². The van der Waals surface area contributed by atoms with E-state index in [1.165, 1.54) is 41.3 Å². The standard InChI is InChI=1S/C34H26BrFN4O3S2/c1-21(31(41)40-34-39-30(20-44-34)22-11-13-25(35)14-12-22)45-27-17-15-26(16-18-27)37-33(43)29(19-24-9-5-6-10-28(24)36)38-32(42)23-7-3-2-4-8-23/h2-21H,1H3,(H,37,43)(H,38,42)(H,39,40,41)/b29-19-. The van der Waals surface area contributed by atoms with E-state index in [0.29, 0.717) is 16.4 Å². The number of halogens is 2. The molecule has 0 saturated carbocycles. The Balaban J connectivity index is 1.21. The third-order valence-corrected chi connectivity index (χ3v) is 8.80. The van der Waals surface area contributed by atoms with Gasteiger partial charge in [0.25, 0.3) is 11.8 Å². The molecule has 0 aliphatic heterocycles. The molecule has 0 bridgehead atoms. The molecule has 0 saturated heterocycles. The zero-order valence-corrected chi connectivity index (χ0v) is 27.0. The molecule has 0 fully saturated rings. The molecule has 3 N–H and O–H groups in total. The smallest absolute Gasteiger partial charge is 0.272 e. The molecular weight excluding hydrogens is 675 g/mol. The number of amides is 3. The first-order valence-electron chi connectivity index (χ1n) is 13.7. The first-order valence-corrected chi connectivity index (χ1v) is 16.2. The van der Waals surface area contributed by atoms with E-state index in [0.717, 1.165) is 20.6 Å². The molecule has 11 heteroatoms. The fraction of sp³-hybridized carbons (Fsp3) is 0.0588. The second-order valence-corrected chi connectivity index (χ2v) is 12.9. The number of nitrogens with one attached hydrogen (secondary N) is 3. The second-order valence-electron chi connectivity index (χ2n) is 9.67. The van der Waals surface area contributed by atoms with Gasteiger partial charge in [0.15, 0.2) is 5.13 Å². The van der Waals surface area contributed by atoms with Crippen molar-refractivity contribution in [3.63, 3.8) is 0 Å². The van der Waals surface area contributed by atoms with Crippen LogP contribution in [0.25, 0.3) is 17.3 Å². The summed E-state index contributed by atoms with van der Waals surface area (Å²) in [5.41, 5.74) is 2.58. The van der Waals surface area contributed by atoms with Gasteiger partial charge >= 0.3 is 0 Å². The summed E-state index contributed by atoms with van der Waals surface area (Å²) < 4.78 is 15.4. The van der Waals surface area contributed by atoms with Gasteiger partial charge in [-0.1, -0.05) is 64.5 Å². The van der Waals surface area contributed by atoms with Gasteiger partial charge in [-0.3, -0.25) is 14.4 Å². The maximum atomic E-state index is 14.4. The van der Waals surface area contributed by atoms with Crippen molar-refractivity contribution in [2.75, 3.05) is 10.6 Å². The minimum Gasteiger partial charge on any atom is -0.321 e. The summed E-state index contributed by atoms with van der Waals surface area (Å²) in [5, 5.41) is 10.2. The van der Waals surface area contributed by atoms with E-state index in [-0.39, 0.29) is 17.2 Å². The number of nitrogens with zero attached hydrogens (tertiary/aromatic N) is 1. The summed E-state index contributed by atoms with van der Waals surface area (Å²) in [7, 11) is 0. The number of anilines is 2. The molecule has 0 spiro atoms. The molecule has 4 aromatic carbocycles. The van der Waals surface area contributed by atoms with Crippen molar-refractivity contribution in [1.29, 1.82) is 0 Å². The number of hydrogen-bond donors (Lipinski definition) is 3. The average molecular weight is 702 g/mol. The van der Waals surface area contributed by atoms with Gasteiger partial charge in [0, 0.05) is 37.1 Å². The van der Waals surface area contributed by atoms with Gasteiger partial charge in [-0.05, 0) is 67.6 Å². The molecule has 5 rings (SSSR count). The molecule has 1 unspecified atom stereocenters. The highest BCUT2D eigenvalue weighted by molar-refractivity contribution is 9.10. The predicted octanol–water partition coefficient (Wildman–Crippen LogP) is 8.24. The lowest BCUT2D eigenvalue weighted by molar-refractivity contribution is -0.115. The Morgan fingerprint density at radius 1 is 0.889 bits per heavy atom. The Kier molecular flexibility index (Phi) is 10.6. The Bertz CT molecular complexity index is 1850. The maximum Gasteiger partial charge on any atom is 0.272 e. The lowest BCUT2D eigenvalue weighted by Gasteiger charge is -2.13. The summed E-state index contributed by atoms with van der Waals surface area (Å²) in [5.74, 6) is -1.85. The minimum atomic E-state index is -0.623. The van der Waals surface area contributed by atoms with Gasteiger partial charge < -0.3 is 16.0 Å². The number of carbonyl (C=O) groups excluding carboxylic acids is 3. The third-order valence-electron chi connectivity index (χ3n) is 6.40. The summed E-state index contributed by atoms with van der Waals surface area (Å²) in [4.78, 5) is 44.3. The topological polar surface area (TPSA) is 100 Å². The number of rotatable bonds is 10. The molecule has 1 heterocycles. The van der Waals surface area contributed by atoms with E-state index in [1.807, 2.05) is 29.6 Å². The molecular formula is C34H26BrFN4O3S2. The molecule has 45 heavy (non-hydrogen) atoms. The largest absolute Gasteiger partial charge is 0.321 e. The van der Waals surface area contributed by atoms with Crippen LogP contribution in [-0.2, 0) is 9.59 Å². The van der Waals surface area contributed by atoms with Crippen molar-refractivity contribution in [1.82, 2.24) is 10.3 Å². The van der Waals surface area contributed by atoms with Crippen LogP contribution in [0.4, 0.5) is 15.2 Å². The van der Waals surface area contributed by atoms with E-state index in [1.54, 1.807) is 73.7 Å². The van der Waals surface area contributed by atoms with Crippen molar-refractivity contribution in [3.8, 4) is 11.3 Å². The zero-order valence-electron chi connectivity index (χ0n) is 23.8. The van der Waals surface area contributed by atoms with E-state index in [9.17, 15) is 18.8 Å². The van der Waals surface area contributed by atoms with Gasteiger partial charge in [0.05, 0.1) is 10.9 Å². The summed E-state index contributed by atoms with van der Waals surface area (Å²) in [6.07, 6.45) is 1.29. The van der Waals surface area contributed by atoms with Crippen LogP contribution in [-0.4, -0.2) is 28.0 Å². The number of thioether (sulfide) groups is 1. The quantitative estimate of drug-likeness (QED) is 0.101. The number of aromatic nitrogens is 1. The lowest BCUT2D eigenvalue weighted by Crippen LogP contribution is -2.30. The Morgan fingerprint density at radius 3 is 2.29 bits per heavy atom. The van der Waals surface area contributed by atoms with Gasteiger partial charge in [0.1, 0.15) is 11.5 Å². The highest BCUT2D eigenvalue weighted by atomic mass is 79.9. The van der Waals surface area contributed by atoms with Gasteiger partial charge in [0.2, 0.25) is 5.91 Å². The Morgan fingerprint density at radius 2 is 1.58 bits per heavy atom. The summed E-state index contributed by atoms with van der Waals surface area (Å²) >= 11 is 6.14. The summed E-state index contributed by atoms with van der Waals surface area (Å²) in [6.45, 7) is 1.80. The third kappa shape index (κ3) is 8.75. The van der Waals surface area contributed by atoms with E-state index in [2.05, 4.69) is 36.9 Å². The van der Waals surface area contributed by atoms with Crippen LogP contribution in [0.3, 0.4) is 0 Å². The monoisotopic (exact) mass is 700 g/mol. The second kappa shape index (κ2) is 14.9. The molecule has 226 valence electrons. The first-order chi connectivity index (χ1) is 21.7. The molecule has 1 atom stereocenters. The van der Waals surface area contributed by atoms with Crippen LogP contribution < -0.4 is 16.0 Å². The van der Waals surface area contributed by atoms with Gasteiger partial charge in [-0.2, -0.15) is 0 Å². The van der Waals surface area contributed by atoms with E-state index in [4.69, 9.17) is 0 Å². The minimum absolute atomic E-state index is 0.122. The lowest BCUT2D eigenvalue weighted by atomic mass is 10.1. The average Bonchev–Trinajstić information content (AvgIpc) is 3.51. The maximum absolute atomic E-state index is 14.4. The SMILES string of the molecule is CC(Sc1ccc(NC(=O)/C(=C/c2ccccc2F)NC(=O)c2ccccc2)cc1)C(=O)Nc1nc(-c2ccc(Br)cc2)cs1. The van der Waals surface area contributed by atoms with Crippen molar-refractivity contribution < 1.29 is 18.8 Å². The number of benzene rings is 4. The van der Waals surface area contributed by atoms with Crippen molar-refractivity contribution >= 4 is 73.6 Å². The van der Waals surface area contributed by atoms with Crippen molar-refractivity contribution in [3.05, 3.63) is 136 Å². The Labute approximate surface area is 276 Å². The van der Waals surface area contributed by atoms with Crippen LogP contribution in [0.1, 0.15) is 22.8 Å². The van der Waals surface area contributed by atoms with Crippen LogP contribution >= 0.6 is 39.0 Å². The molecule has 5 aromatic rings. The van der Waals surface area contributed by atoms with Crippen molar-refractivity contribution in [2.45, 2.75) is 17.1 Å². The molecule has 7 nitrogen and oxygen atoms in total. The normalized spacial score (nSPS) is 11.8. The number of carbonyl (C=O) groups is 3. The summed E-state index contributed by atoms with van der Waals surface area (Å²) in [6, 6.07) is 29.1. The molecule has 3 amide bonds. The number of thiazole rings is 1. The highest BCUT2D eigenvalue weighted by Crippen LogP contribution is 2.29. The van der Waals surface area contributed by atoms with Gasteiger partial charge in [-0.25, -0.2) is 9.37 Å². The van der Waals surface area contributed by atoms with Crippen molar-refractivity contribution in [2.24, 2.45) is 0 Å². The van der Waals surface area contributed by atoms with Gasteiger partial charge in [-0.15, -0.1) is 23.1 Å². The molecule has 0 radical (unpaired) electrons. The van der Waals surface area contributed by atoms with E-state index >= 15 is 0 Å². The Hall–Kier alpha value is -4.58.